The van der Waals surface area contributed by atoms with E-state index in [2.05, 4.69) is 44.0 Å². The second kappa shape index (κ2) is 13.7. The number of aliphatic carboxylic acids is 1. The fourth-order valence-corrected chi connectivity index (χ4v) is 4.59. The molecule has 0 saturated carbocycles. The van der Waals surface area contributed by atoms with E-state index >= 15 is 0 Å². The van der Waals surface area contributed by atoms with Crippen LogP contribution in [0.5, 0.6) is 0 Å². The number of nitrogens with zero attached hydrogens (tertiary/aromatic N) is 1. The first-order valence-electron chi connectivity index (χ1n) is 12.2. The molecule has 2 N–H and O–H groups in total. The number of carbonyl (C=O) groups excluding carboxylic acids is 1. The van der Waals surface area contributed by atoms with Crippen LogP contribution in [0.2, 0.25) is 0 Å². The first kappa shape index (κ1) is 29.0. The van der Waals surface area contributed by atoms with E-state index in [1.165, 1.54) is 17.3 Å². The summed E-state index contributed by atoms with van der Waals surface area (Å²) in [5, 5.41) is 12.5. The zero-order valence-electron chi connectivity index (χ0n) is 22.0. The van der Waals surface area contributed by atoms with Crippen LogP contribution in [-0.2, 0) is 17.6 Å². The van der Waals surface area contributed by atoms with Gasteiger partial charge in [0.1, 0.15) is 4.75 Å². The molecule has 0 radical (unpaired) electrons. The monoisotopic (exact) mass is 506 g/mol. The predicted molar refractivity (Wildman–Crippen MR) is 151 cm³/mol. The van der Waals surface area contributed by atoms with Gasteiger partial charge in [-0.05, 0) is 80.5 Å². The Kier molecular flexibility index (Phi) is 11.1. The van der Waals surface area contributed by atoms with Crippen molar-refractivity contribution in [2.75, 3.05) is 13.6 Å². The minimum absolute atomic E-state index is 0.161. The average molecular weight is 507 g/mol. The van der Waals surface area contributed by atoms with Gasteiger partial charge < -0.3 is 15.3 Å². The Bertz CT molecular complexity index is 1120. The molecule has 0 fully saturated rings. The fraction of sp³-hybridized carbons (Fsp3) is 0.333. The molecule has 0 aromatic heterocycles. The van der Waals surface area contributed by atoms with E-state index < -0.39 is 10.7 Å². The Morgan fingerprint density at radius 2 is 1.94 bits per heavy atom. The second-order valence-electron chi connectivity index (χ2n) is 9.16. The van der Waals surface area contributed by atoms with Gasteiger partial charge in [0.2, 0.25) is 0 Å². The van der Waals surface area contributed by atoms with Gasteiger partial charge in [0.25, 0.3) is 0 Å². The summed E-state index contributed by atoms with van der Waals surface area (Å²) in [5.74, 6) is -0.843. The molecule has 5 nitrogen and oxygen atoms in total. The Labute approximate surface area is 220 Å². The van der Waals surface area contributed by atoms with Gasteiger partial charge in [-0.15, -0.1) is 11.8 Å². The molecule has 192 valence electrons. The number of carboxylic acids is 1. The van der Waals surface area contributed by atoms with Crippen molar-refractivity contribution in [1.29, 1.82) is 0 Å². The number of nitrogens with one attached hydrogen (secondary N) is 1. The maximum Gasteiger partial charge on any atom is 0.321 e. The number of hydrogen-bond donors (Lipinski definition) is 2. The van der Waals surface area contributed by atoms with Crippen LogP contribution in [0.4, 0.5) is 4.79 Å². The molecular weight excluding hydrogens is 468 g/mol. The third-order valence-corrected chi connectivity index (χ3v) is 7.10. The van der Waals surface area contributed by atoms with Gasteiger partial charge >= 0.3 is 12.0 Å². The molecule has 0 spiro atoms. The second-order valence-corrected chi connectivity index (χ2v) is 10.9. The first-order valence-corrected chi connectivity index (χ1v) is 13.0. The molecule has 1 aliphatic rings. The Hall–Kier alpha value is -3.25. The summed E-state index contributed by atoms with van der Waals surface area (Å²) in [4.78, 5) is 27.0. The van der Waals surface area contributed by atoms with Gasteiger partial charge in [-0.3, -0.25) is 4.79 Å². The van der Waals surface area contributed by atoms with Gasteiger partial charge in [-0.1, -0.05) is 62.1 Å². The normalized spacial score (nSPS) is 14.2. The summed E-state index contributed by atoms with van der Waals surface area (Å²) in [5.41, 5.74) is 5.38. The van der Waals surface area contributed by atoms with Crippen LogP contribution in [0, 0.1) is 0 Å². The van der Waals surface area contributed by atoms with Gasteiger partial charge in [0.15, 0.2) is 0 Å². The van der Waals surface area contributed by atoms with Gasteiger partial charge in [0.05, 0.1) is 0 Å². The number of amides is 2. The summed E-state index contributed by atoms with van der Waals surface area (Å²) < 4.78 is -0.910. The third kappa shape index (κ3) is 8.76. The molecule has 0 unspecified atom stereocenters. The van der Waals surface area contributed by atoms with E-state index in [1.807, 2.05) is 42.5 Å². The van der Waals surface area contributed by atoms with E-state index in [4.69, 9.17) is 0 Å². The minimum atomic E-state index is -0.910. The number of carboxylic acid groups (broad SMARTS) is 1. The lowest BCUT2D eigenvalue weighted by Gasteiger charge is -2.21. The highest BCUT2D eigenvalue weighted by Crippen LogP contribution is 2.34. The first-order chi connectivity index (χ1) is 17.1. The lowest BCUT2D eigenvalue weighted by atomic mass is 10.0. The van der Waals surface area contributed by atoms with Crippen molar-refractivity contribution in [2.24, 2.45) is 0 Å². The molecule has 6 heteroatoms. The highest BCUT2D eigenvalue weighted by Gasteiger charge is 2.28. The van der Waals surface area contributed by atoms with Crippen molar-refractivity contribution in [3.63, 3.8) is 0 Å². The van der Waals surface area contributed by atoms with Crippen LogP contribution in [0.1, 0.15) is 45.2 Å². The number of likely N-dealkylation sites (N-methyl/N-ethyl adjacent to an activating group) is 1. The number of urea groups is 1. The summed E-state index contributed by atoms with van der Waals surface area (Å²) in [6.07, 6.45) is 18.0. The summed E-state index contributed by atoms with van der Waals surface area (Å²) in [6.45, 7) is 11.8. The molecule has 0 atom stereocenters. The molecule has 0 bridgehead atoms. The smallest absolute Gasteiger partial charge is 0.321 e. The van der Waals surface area contributed by atoms with Crippen LogP contribution < -0.4 is 5.32 Å². The third-order valence-electron chi connectivity index (χ3n) is 5.93. The zero-order chi connectivity index (χ0) is 26.7. The molecule has 0 heterocycles. The number of thioether (sulfide) groups is 1. The zero-order valence-corrected chi connectivity index (χ0v) is 22.8. The number of rotatable bonds is 11. The largest absolute Gasteiger partial charge is 0.480 e. The maximum absolute atomic E-state index is 12.8. The van der Waals surface area contributed by atoms with Gasteiger partial charge in [0, 0.05) is 24.2 Å². The molecule has 1 aliphatic carbocycles. The number of aryl methyl sites for hydroxylation is 1. The van der Waals surface area contributed by atoms with Crippen LogP contribution in [0.15, 0.2) is 95.1 Å². The summed E-state index contributed by atoms with van der Waals surface area (Å²) >= 11 is 1.34. The number of carbonyl (C=O) groups is 2. The quantitative estimate of drug-likeness (QED) is 0.254. The molecule has 0 saturated heterocycles. The Morgan fingerprint density at radius 1 is 1.19 bits per heavy atom. The average Bonchev–Trinajstić information content (AvgIpc) is 3.08. The summed E-state index contributed by atoms with van der Waals surface area (Å²) in [6, 6.07) is 5.94. The van der Waals surface area contributed by atoms with Crippen LogP contribution in [0.25, 0.3) is 0 Å². The van der Waals surface area contributed by atoms with Crippen molar-refractivity contribution < 1.29 is 14.7 Å². The van der Waals surface area contributed by atoms with Crippen molar-refractivity contribution >= 4 is 23.8 Å². The van der Waals surface area contributed by atoms with Crippen molar-refractivity contribution in [3.8, 4) is 0 Å². The molecular formula is C30H38N2O3S. The molecule has 2 amide bonds. The molecule has 0 aliphatic heterocycles. The number of hydrogen-bond acceptors (Lipinski definition) is 3. The maximum atomic E-state index is 12.8. The molecule has 2 rings (SSSR count). The van der Waals surface area contributed by atoms with E-state index in [9.17, 15) is 14.7 Å². The van der Waals surface area contributed by atoms with Crippen LogP contribution in [-0.4, -0.2) is 40.3 Å². The van der Waals surface area contributed by atoms with Gasteiger partial charge in [-0.25, -0.2) is 4.79 Å². The fourth-order valence-electron chi connectivity index (χ4n) is 3.58. The number of allylic oxidation sites excluding steroid dienone is 10. The van der Waals surface area contributed by atoms with E-state index in [0.29, 0.717) is 13.0 Å². The van der Waals surface area contributed by atoms with E-state index in [0.717, 1.165) is 40.1 Å². The topological polar surface area (TPSA) is 69.6 Å². The summed E-state index contributed by atoms with van der Waals surface area (Å²) in [7, 11) is 1.79. The van der Waals surface area contributed by atoms with E-state index in [1.54, 1.807) is 31.9 Å². The standard InChI is InChI=1S/C30H38N2O3S/c1-7-9-10-12-22(3)24-13-11-14-26(17-15-24)31-29(35)32(6)20-19-25-21-27(18-16-23(25)8-2)36-30(4,5)28(33)34/h7,9-10,12-18,21H,1,8,11,19-20H2,2-6H3,(H,31,35)(H,33,34)/b10-9-,22-12+. The Morgan fingerprint density at radius 3 is 2.61 bits per heavy atom. The van der Waals surface area contributed by atoms with Crippen LogP contribution >= 0.6 is 11.8 Å². The highest BCUT2D eigenvalue weighted by molar-refractivity contribution is 8.01. The minimum Gasteiger partial charge on any atom is -0.480 e. The lowest BCUT2D eigenvalue weighted by Crippen LogP contribution is -2.37. The molecule has 1 aromatic rings. The Balaban J connectivity index is 2.00. The lowest BCUT2D eigenvalue weighted by molar-refractivity contribution is -0.138. The molecule has 36 heavy (non-hydrogen) atoms. The van der Waals surface area contributed by atoms with E-state index in [-0.39, 0.29) is 6.03 Å². The van der Waals surface area contributed by atoms with Crippen molar-refractivity contribution in [3.05, 3.63) is 101 Å². The number of benzene rings is 1. The van der Waals surface area contributed by atoms with Gasteiger partial charge in [-0.2, -0.15) is 0 Å². The predicted octanol–water partition coefficient (Wildman–Crippen LogP) is 6.85. The highest BCUT2D eigenvalue weighted by atomic mass is 32.2. The van der Waals surface area contributed by atoms with Crippen molar-refractivity contribution in [2.45, 2.75) is 56.6 Å². The van der Waals surface area contributed by atoms with Crippen LogP contribution in [0.3, 0.4) is 0 Å². The molecule has 1 aromatic carbocycles. The SMILES string of the molecule is C=C/C=C\C=C(/C)C1=CCC=C(NC(=O)N(C)CCc2cc(SC(C)(C)C(=O)O)ccc2CC)C=C1. The van der Waals surface area contributed by atoms with Crippen molar-refractivity contribution in [1.82, 2.24) is 10.2 Å².